The van der Waals surface area contributed by atoms with Crippen molar-refractivity contribution in [2.75, 3.05) is 50.2 Å². The first-order valence-electron chi connectivity index (χ1n) is 7.24. The maximum absolute atomic E-state index is 5.80. The number of anilines is 3. The summed E-state index contributed by atoms with van der Waals surface area (Å²) in [5.74, 6) is 1.98. The Morgan fingerprint density at radius 2 is 2.00 bits per heavy atom. The molecule has 1 aliphatic rings. The minimum atomic E-state index is 0.271. The van der Waals surface area contributed by atoms with Crippen LogP contribution in [0.15, 0.2) is 6.07 Å². The number of likely N-dealkylation sites (N-methyl/N-ethyl adjacent to an activating group) is 2. The van der Waals surface area contributed by atoms with Gasteiger partial charge in [-0.2, -0.15) is 9.97 Å². The highest BCUT2D eigenvalue weighted by atomic mass is 15.3. The quantitative estimate of drug-likeness (QED) is 0.820. The average Bonchev–Trinajstić information content (AvgIpc) is 2.32. The van der Waals surface area contributed by atoms with Crippen LogP contribution in [0, 0.1) is 0 Å². The van der Waals surface area contributed by atoms with E-state index in [9.17, 15) is 0 Å². The summed E-state index contributed by atoms with van der Waals surface area (Å²) >= 11 is 0. The normalized spacial score (nSPS) is 16.9. The highest BCUT2D eigenvalue weighted by Crippen LogP contribution is 2.37. The van der Waals surface area contributed by atoms with Crippen molar-refractivity contribution in [2.45, 2.75) is 31.7 Å². The smallest absolute Gasteiger partial charge is 0.223 e. The Morgan fingerprint density at radius 1 is 1.30 bits per heavy atom. The van der Waals surface area contributed by atoms with E-state index in [1.807, 2.05) is 13.0 Å². The highest BCUT2D eigenvalue weighted by molar-refractivity contribution is 5.52. The second-order valence-electron chi connectivity index (χ2n) is 5.83. The van der Waals surface area contributed by atoms with Crippen LogP contribution in [0.5, 0.6) is 0 Å². The lowest BCUT2D eigenvalue weighted by atomic mass is 9.75. The highest BCUT2D eigenvalue weighted by Gasteiger charge is 2.40. The Morgan fingerprint density at radius 3 is 2.50 bits per heavy atom. The number of nitrogens with one attached hydrogen (secondary N) is 1. The average molecular weight is 278 g/mol. The molecule has 0 radical (unpaired) electrons. The lowest BCUT2D eigenvalue weighted by molar-refractivity contribution is 0.0682. The Hall–Kier alpha value is -1.56. The number of rotatable bonds is 6. The summed E-state index contributed by atoms with van der Waals surface area (Å²) in [6.07, 6.45) is 3.79. The van der Waals surface area contributed by atoms with E-state index in [-0.39, 0.29) is 5.54 Å². The number of nitrogens with two attached hydrogens (primary N) is 1. The van der Waals surface area contributed by atoms with Crippen LogP contribution < -0.4 is 16.0 Å². The third kappa shape index (κ3) is 2.95. The molecule has 1 saturated carbocycles. The van der Waals surface area contributed by atoms with Gasteiger partial charge in [0.15, 0.2) is 0 Å². The summed E-state index contributed by atoms with van der Waals surface area (Å²) in [7, 11) is 6.39. The van der Waals surface area contributed by atoms with Crippen molar-refractivity contribution in [3.63, 3.8) is 0 Å². The summed E-state index contributed by atoms with van der Waals surface area (Å²) in [6.45, 7) is 3.82. The predicted octanol–water partition coefficient (Wildman–Crippen LogP) is 1.41. The summed E-state index contributed by atoms with van der Waals surface area (Å²) in [5.41, 5.74) is 6.07. The second kappa shape index (κ2) is 5.83. The molecule has 0 aliphatic heterocycles. The number of nitrogen functional groups attached to an aromatic ring is 1. The summed E-state index contributed by atoms with van der Waals surface area (Å²) in [4.78, 5) is 13.1. The molecule has 0 atom stereocenters. The van der Waals surface area contributed by atoms with Crippen molar-refractivity contribution >= 4 is 17.6 Å². The van der Waals surface area contributed by atoms with E-state index in [2.05, 4.69) is 46.2 Å². The lowest BCUT2D eigenvalue weighted by Gasteiger charge is -2.49. The van der Waals surface area contributed by atoms with Crippen molar-refractivity contribution in [1.82, 2.24) is 14.9 Å². The Kier molecular flexibility index (Phi) is 4.32. The van der Waals surface area contributed by atoms with Gasteiger partial charge in [-0.05, 0) is 40.3 Å². The number of hydrogen-bond donors (Lipinski definition) is 2. The van der Waals surface area contributed by atoms with Gasteiger partial charge in [-0.1, -0.05) is 0 Å². The van der Waals surface area contributed by atoms with E-state index in [0.29, 0.717) is 5.95 Å². The molecular weight excluding hydrogens is 252 g/mol. The summed E-state index contributed by atoms with van der Waals surface area (Å²) in [6, 6.07) is 1.96. The van der Waals surface area contributed by atoms with Gasteiger partial charge in [-0.25, -0.2) is 0 Å². The third-order valence-electron chi connectivity index (χ3n) is 4.24. The number of hydrogen-bond acceptors (Lipinski definition) is 6. The molecule has 1 aromatic rings. The van der Waals surface area contributed by atoms with Gasteiger partial charge in [0.2, 0.25) is 5.95 Å². The van der Waals surface area contributed by atoms with Gasteiger partial charge in [0.05, 0.1) is 0 Å². The zero-order valence-electron chi connectivity index (χ0n) is 13.0. The van der Waals surface area contributed by atoms with Gasteiger partial charge in [0.25, 0.3) is 0 Å². The van der Waals surface area contributed by atoms with Crippen molar-refractivity contribution in [3.8, 4) is 0 Å². The first-order chi connectivity index (χ1) is 9.47. The molecule has 6 nitrogen and oxygen atoms in total. The lowest BCUT2D eigenvalue weighted by Crippen LogP contribution is -2.56. The van der Waals surface area contributed by atoms with E-state index in [4.69, 9.17) is 5.73 Å². The molecule has 0 amide bonds. The molecule has 0 unspecified atom stereocenters. The summed E-state index contributed by atoms with van der Waals surface area (Å²) < 4.78 is 0. The third-order valence-corrected chi connectivity index (χ3v) is 4.24. The molecule has 1 aliphatic carbocycles. The maximum Gasteiger partial charge on any atom is 0.223 e. The van der Waals surface area contributed by atoms with E-state index in [0.717, 1.165) is 24.7 Å². The monoisotopic (exact) mass is 278 g/mol. The van der Waals surface area contributed by atoms with Crippen molar-refractivity contribution < 1.29 is 0 Å². The zero-order chi connectivity index (χ0) is 14.8. The van der Waals surface area contributed by atoms with Gasteiger partial charge >= 0.3 is 0 Å². The van der Waals surface area contributed by atoms with Gasteiger partial charge in [0, 0.05) is 31.7 Å². The molecular formula is C14H26N6. The van der Waals surface area contributed by atoms with Crippen LogP contribution in [0.4, 0.5) is 17.6 Å². The van der Waals surface area contributed by atoms with Gasteiger partial charge in [-0.15, -0.1) is 0 Å². The van der Waals surface area contributed by atoms with Crippen molar-refractivity contribution in [1.29, 1.82) is 0 Å². The zero-order valence-corrected chi connectivity index (χ0v) is 13.0. The van der Waals surface area contributed by atoms with Crippen molar-refractivity contribution in [3.05, 3.63) is 6.07 Å². The van der Waals surface area contributed by atoms with Gasteiger partial charge < -0.3 is 20.9 Å². The molecule has 1 fully saturated rings. The fourth-order valence-corrected chi connectivity index (χ4v) is 2.77. The van der Waals surface area contributed by atoms with E-state index in [1.54, 1.807) is 0 Å². The fourth-order valence-electron chi connectivity index (χ4n) is 2.77. The van der Waals surface area contributed by atoms with E-state index in [1.165, 1.54) is 19.3 Å². The molecule has 1 heterocycles. The molecule has 0 aromatic carbocycles. The van der Waals surface area contributed by atoms with Crippen LogP contribution >= 0.6 is 0 Å². The molecule has 1 aromatic heterocycles. The Labute approximate surface area is 121 Å². The molecule has 112 valence electrons. The van der Waals surface area contributed by atoms with Crippen LogP contribution in [0.1, 0.15) is 26.2 Å². The van der Waals surface area contributed by atoms with Crippen LogP contribution in [0.2, 0.25) is 0 Å². The van der Waals surface area contributed by atoms with E-state index >= 15 is 0 Å². The van der Waals surface area contributed by atoms with Crippen LogP contribution in [-0.4, -0.2) is 54.6 Å². The number of nitrogens with zero attached hydrogens (tertiary/aromatic N) is 4. The Balaban J connectivity index is 2.14. The summed E-state index contributed by atoms with van der Waals surface area (Å²) in [5, 5.41) is 3.19. The Bertz CT molecular complexity index is 455. The maximum atomic E-state index is 5.80. The molecule has 20 heavy (non-hydrogen) atoms. The van der Waals surface area contributed by atoms with Gasteiger partial charge in [-0.3, -0.25) is 0 Å². The fraction of sp³-hybridized carbons (Fsp3) is 0.714. The first kappa shape index (κ1) is 14.8. The SMILES string of the molecule is CCNc1cc(N(C)CC2(N(C)C)CCC2)nc(N)n1. The van der Waals surface area contributed by atoms with Crippen LogP contribution in [0.3, 0.4) is 0 Å². The molecule has 0 bridgehead atoms. The molecule has 2 rings (SSSR count). The minimum Gasteiger partial charge on any atom is -0.370 e. The molecule has 6 heteroatoms. The second-order valence-corrected chi connectivity index (χ2v) is 5.83. The van der Waals surface area contributed by atoms with Crippen LogP contribution in [0.25, 0.3) is 0 Å². The first-order valence-corrected chi connectivity index (χ1v) is 7.24. The molecule has 0 saturated heterocycles. The minimum absolute atomic E-state index is 0.271. The molecule has 3 N–H and O–H groups in total. The van der Waals surface area contributed by atoms with Crippen molar-refractivity contribution in [2.24, 2.45) is 0 Å². The standard InChI is InChI=1S/C14H26N6/c1-5-16-11-9-12(18-13(15)17-11)20(4)10-14(19(2)3)7-6-8-14/h9H,5-8,10H2,1-4H3,(H3,15,16,17,18). The number of aromatic nitrogens is 2. The van der Waals surface area contributed by atoms with E-state index < -0.39 is 0 Å². The topological polar surface area (TPSA) is 70.3 Å². The van der Waals surface area contributed by atoms with Gasteiger partial charge in [0.1, 0.15) is 11.6 Å². The predicted molar refractivity (Wildman–Crippen MR) is 84.1 cm³/mol. The van der Waals surface area contributed by atoms with Crippen LogP contribution in [-0.2, 0) is 0 Å². The molecule has 0 spiro atoms. The largest absolute Gasteiger partial charge is 0.370 e.